The van der Waals surface area contributed by atoms with Gasteiger partial charge in [-0.15, -0.1) is 0 Å². The van der Waals surface area contributed by atoms with E-state index in [1.165, 1.54) is 197 Å². The van der Waals surface area contributed by atoms with Crippen molar-refractivity contribution in [3.63, 3.8) is 0 Å². The lowest BCUT2D eigenvalue weighted by Crippen LogP contribution is -1.92. The van der Waals surface area contributed by atoms with Crippen LogP contribution >= 0.6 is 0 Å². The zero-order chi connectivity index (χ0) is 70.3. The third-order valence-corrected chi connectivity index (χ3v) is 21.6. The third-order valence-electron chi connectivity index (χ3n) is 21.6. The minimum absolute atomic E-state index is 1.24. The molecule has 21 aromatic rings. The van der Waals surface area contributed by atoms with Crippen LogP contribution in [0.2, 0.25) is 0 Å². The molecule has 0 saturated heterocycles. The van der Waals surface area contributed by atoms with Crippen molar-refractivity contribution in [3.8, 4) is 89.0 Å². The number of benzene rings is 21. The van der Waals surface area contributed by atoms with Crippen LogP contribution in [0.1, 0.15) is 0 Å². The van der Waals surface area contributed by atoms with Crippen LogP contribution in [-0.4, -0.2) is 0 Å². The molecule has 0 heteroatoms. The first-order chi connectivity index (χ1) is 52.7. The lowest BCUT2D eigenvalue weighted by Gasteiger charge is -2.19. The van der Waals surface area contributed by atoms with Crippen molar-refractivity contribution in [2.24, 2.45) is 0 Å². The Morgan fingerprint density at radius 2 is 0.330 bits per heavy atom. The normalized spacial score (nSPS) is 11.4. The fourth-order valence-corrected chi connectivity index (χ4v) is 16.9. The van der Waals surface area contributed by atoms with Gasteiger partial charge in [0.2, 0.25) is 0 Å². The Kier molecular flexibility index (Phi) is 16.4. The van der Waals surface area contributed by atoms with Gasteiger partial charge in [0.1, 0.15) is 0 Å². The molecule has 0 spiro atoms. The first-order valence-corrected chi connectivity index (χ1v) is 36.7. The fraction of sp³-hybridized carbons (Fsp3) is 0. The van der Waals surface area contributed by atoms with Gasteiger partial charge in [-0.3, -0.25) is 0 Å². The van der Waals surface area contributed by atoms with E-state index in [4.69, 9.17) is 0 Å². The maximum Gasteiger partial charge on any atom is -0.00201 e. The van der Waals surface area contributed by atoms with Crippen LogP contribution in [0.15, 0.2) is 425 Å². The summed E-state index contributed by atoms with van der Waals surface area (Å²) in [4.78, 5) is 0. The molecule has 0 aliphatic heterocycles. The molecule has 0 aromatic heterocycles. The fourth-order valence-electron chi connectivity index (χ4n) is 16.9. The molecule has 0 aliphatic carbocycles. The predicted octanol–water partition coefficient (Wildman–Crippen LogP) is 29.9. The molecule has 494 valence electrons. The van der Waals surface area contributed by atoms with Crippen molar-refractivity contribution in [1.82, 2.24) is 0 Å². The molecule has 106 heavy (non-hydrogen) atoms. The summed E-state index contributed by atoms with van der Waals surface area (Å²) >= 11 is 0. The van der Waals surface area contributed by atoms with Gasteiger partial charge in [0.05, 0.1) is 0 Å². The highest BCUT2D eigenvalue weighted by Crippen LogP contribution is 2.50. The molecule has 0 nitrogen and oxygen atoms in total. The largest absolute Gasteiger partial charge is 0.0622 e. The number of hydrogen-bond acceptors (Lipinski definition) is 0. The molecule has 0 radical (unpaired) electrons. The van der Waals surface area contributed by atoms with Gasteiger partial charge >= 0.3 is 0 Å². The Hall–Kier alpha value is -13.8. The van der Waals surface area contributed by atoms with Crippen molar-refractivity contribution in [2.45, 2.75) is 0 Å². The Morgan fingerprint density at radius 1 is 0.0943 bits per heavy atom. The van der Waals surface area contributed by atoms with Gasteiger partial charge in [-0.05, 0) is 203 Å². The standard InChI is InChI=1S/2C36H24.C34H22/c1-3-13-25(14-4-1)27-23-24-34(29-18-8-7-17-28(27)29)36-32-21-11-9-19-30(32)35(26-15-5-2-6-16-26)31-20-10-12-22-33(31)36;1-2-11-25(12-3-1)26-21-23-28(24-22-26)35-31-16-6-8-18-33(31)36(34-19-9-7-17-32(34)35)30-20-10-14-27-13-4-5-15-29(27)30;1-2-12-25-22-26(21-20-23(25)10-1)33-29-15-5-7-17-31(29)34(32-18-8-6-16-30(32)33)28-19-9-13-24-11-3-4-14-27(24)28/h2*1-24H;1-22H. The molecule has 0 bridgehead atoms. The Labute approximate surface area is 617 Å². The summed E-state index contributed by atoms with van der Waals surface area (Å²) in [6.45, 7) is 0. The maximum absolute atomic E-state index is 2.33. The van der Waals surface area contributed by atoms with Crippen LogP contribution in [-0.2, 0) is 0 Å². The molecule has 21 rings (SSSR count). The van der Waals surface area contributed by atoms with Crippen molar-refractivity contribution < 1.29 is 0 Å². The van der Waals surface area contributed by atoms with Crippen molar-refractivity contribution in [2.75, 3.05) is 0 Å². The summed E-state index contributed by atoms with van der Waals surface area (Å²) in [6, 6.07) is 154. The lowest BCUT2D eigenvalue weighted by atomic mass is 9.84. The number of fused-ring (bicyclic) bond motifs is 10. The molecule has 0 atom stereocenters. The molecular formula is C106H70. The van der Waals surface area contributed by atoms with Gasteiger partial charge in [-0.1, -0.05) is 419 Å². The van der Waals surface area contributed by atoms with Crippen LogP contribution in [0.4, 0.5) is 0 Å². The summed E-state index contributed by atoms with van der Waals surface area (Å²) < 4.78 is 0. The minimum Gasteiger partial charge on any atom is -0.0622 e. The SMILES string of the molecule is c1ccc(-c2ccc(-c3c4ccccc4c(-c4cccc5ccccc45)c4ccccc34)cc2)cc1.c1ccc(-c2ccc(-c3c4ccccc4c(-c4ccccc4)c4ccccc34)c3ccccc23)cc1.c1ccc2cc(-c3c4ccccc4c(-c4cccc5ccccc45)c4ccccc34)ccc2c1. The predicted molar refractivity (Wildman–Crippen MR) is 458 cm³/mol. The van der Waals surface area contributed by atoms with Crippen LogP contribution < -0.4 is 0 Å². The summed E-state index contributed by atoms with van der Waals surface area (Å²) in [5.41, 5.74) is 20.4. The molecular weight excluding hydrogens is 1270 g/mol. The van der Waals surface area contributed by atoms with E-state index in [1.54, 1.807) is 0 Å². The van der Waals surface area contributed by atoms with E-state index >= 15 is 0 Å². The van der Waals surface area contributed by atoms with Crippen molar-refractivity contribution in [1.29, 1.82) is 0 Å². The first-order valence-electron chi connectivity index (χ1n) is 36.7. The smallest absolute Gasteiger partial charge is 0.00201 e. The van der Waals surface area contributed by atoms with Crippen LogP contribution in [0.3, 0.4) is 0 Å². The summed E-state index contributed by atoms with van der Waals surface area (Å²) in [5, 5.41) is 25.7. The second kappa shape index (κ2) is 27.5. The molecule has 0 aliphatic rings. The van der Waals surface area contributed by atoms with Crippen LogP contribution in [0, 0.1) is 0 Å². The van der Waals surface area contributed by atoms with Gasteiger partial charge in [-0.2, -0.15) is 0 Å². The van der Waals surface area contributed by atoms with E-state index < -0.39 is 0 Å². The van der Waals surface area contributed by atoms with E-state index in [0.717, 1.165) is 0 Å². The van der Waals surface area contributed by atoms with Gasteiger partial charge in [0, 0.05) is 0 Å². The maximum atomic E-state index is 2.33. The summed E-state index contributed by atoms with van der Waals surface area (Å²) in [5.74, 6) is 0. The zero-order valence-corrected chi connectivity index (χ0v) is 58.4. The average molecular weight is 1340 g/mol. The molecule has 0 amide bonds. The van der Waals surface area contributed by atoms with Crippen molar-refractivity contribution >= 4 is 108 Å². The van der Waals surface area contributed by atoms with Crippen LogP contribution in [0.25, 0.3) is 197 Å². The van der Waals surface area contributed by atoms with Gasteiger partial charge < -0.3 is 0 Å². The zero-order valence-electron chi connectivity index (χ0n) is 58.4. The molecule has 0 unspecified atom stereocenters. The average Bonchev–Trinajstić information content (AvgIpc) is 0.739. The number of hydrogen-bond donors (Lipinski definition) is 0. The van der Waals surface area contributed by atoms with Gasteiger partial charge in [0.15, 0.2) is 0 Å². The lowest BCUT2D eigenvalue weighted by molar-refractivity contribution is 1.61. The highest BCUT2D eigenvalue weighted by Gasteiger charge is 2.23. The van der Waals surface area contributed by atoms with E-state index in [1.807, 2.05) is 0 Å². The van der Waals surface area contributed by atoms with Gasteiger partial charge in [-0.25, -0.2) is 0 Å². The Balaban J connectivity index is 0.000000109. The molecule has 21 aromatic carbocycles. The second-order valence-corrected chi connectivity index (χ2v) is 27.5. The summed E-state index contributed by atoms with van der Waals surface area (Å²) in [7, 11) is 0. The van der Waals surface area contributed by atoms with Crippen LogP contribution in [0.5, 0.6) is 0 Å². The molecule has 0 fully saturated rings. The molecule has 0 heterocycles. The van der Waals surface area contributed by atoms with Gasteiger partial charge in [0.25, 0.3) is 0 Å². The molecule has 0 N–H and O–H groups in total. The van der Waals surface area contributed by atoms with E-state index in [0.29, 0.717) is 0 Å². The second-order valence-electron chi connectivity index (χ2n) is 27.5. The Bertz CT molecular complexity index is 6730. The van der Waals surface area contributed by atoms with E-state index in [9.17, 15) is 0 Å². The summed E-state index contributed by atoms with van der Waals surface area (Å²) in [6.07, 6.45) is 0. The Morgan fingerprint density at radius 3 is 0.736 bits per heavy atom. The third kappa shape index (κ3) is 11.3. The molecule has 0 saturated carbocycles. The highest BCUT2D eigenvalue weighted by atomic mass is 14.3. The first kappa shape index (κ1) is 63.2. The monoisotopic (exact) mass is 1340 g/mol. The number of rotatable bonds is 8. The minimum atomic E-state index is 1.24. The topological polar surface area (TPSA) is 0 Å². The quantitative estimate of drug-likeness (QED) is 0.133. The van der Waals surface area contributed by atoms with E-state index in [-0.39, 0.29) is 0 Å². The highest BCUT2D eigenvalue weighted by molar-refractivity contribution is 6.27. The van der Waals surface area contributed by atoms with Crippen molar-refractivity contribution in [3.05, 3.63) is 425 Å². The van der Waals surface area contributed by atoms with E-state index in [2.05, 4.69) is 425 Å².